The lowest BCUT2D eigenvalue weighted by Crippen LogP contribution is -2.30. The van der Waals surface area contributed by atoms with Crippen molar-refractivity contribution in [2.45, 2.75) is 330 Å². The van der Waals surface area contributed by atoms with Crippen LogP contribution in [0.15, 0.2) is 0 Å². The second-order valence-corrected chi connectivity index (χ2v) is 27.0. The number of hydrogen-bond donors (Lipinski definition) is 3. The molecule has 0 aromatic heterocycles. The molecule has 3 N–H and O–H groups in total. The highest BCUT2D eigenvalue weighted by Crippen LogP contribution is 2.45. The molecule has 0 heterocycles. The summed E-state index contributed by atoms with van der Waals surface area (Å²) in [5, 5.41) is 10.5. The average Bonchev–Trinajstić information content (AvgIpc) is 3.46. The van der Waals surface area contributed by atoms with E-state index in [1.807, 2.05) is 0 Å². The Morgan fingerprint density at radius 1 is 0.349 bits per heavy atom. The zero-order valence-corrected chi connectivity index (χ0v) is 55.4. The first-order valence-electron chi connectivity index (χ1n) is 33.4. The van der Waals surface area contributed by atoms with E-state index in [1.54, 1.807) is 0 Å². The van der Waals surface area contributed by atoms with Crippen molar-refractivity contribution in [1.29, 1.82) is 0 Å². The molecule has 17 nitrogen and oxygen atoms in total. The van der Waals surface area contributed by atoms with E-state index in [9.17, 15) is 43.2 Å². The second kappa shape index (κ2) is 55.4. The molecule has 0 fully saturated rings. The van der Waals surface area contributed by atoms with E-state index < -0.39 is 97.5 Å². The topological polar surface area (TPSA) is 237 Å². The summed E-state index contributed by atoms with van der Waals surface area (Å²) in [4.78, 5) is 72.1. The molecule has 19 heteroatoms. The van der Waals surface area contributed by atoms with Crippen LogP contribution in [0.3, 0.4) is 0 Å². The minimum absolute atomic E-state index is 0.102. The number of esters is 4. The third-order valence-corrected chi connectivity index (χ3v) is 17.3. The molecule has 7 atom stereocenters. The Labute approximate surface area is 505 Å². The lowest BCUT2D eigenvalue weighted by Gasteiger charge is -2.21. The van der Waals surface area contributed by atoms with E-state index in [0.29, 0.717) is 25.7 Å². The number of aliphatic hydroxyl groups excluding tert-OH is 1. The minimum atomic E-state index is -4.95. The van der Waals surface area contributed by atoms with E-state index in [4.69, 9.17) is 37.0 Å². The smallest absolute Gasteiger partial charge is 0.462 e. The van der Waals surface area contributed by atoms with Crippen molar-refractivity contribution in [3.05, 3.63) is 0 Å². The van der Waals surface area contributed by atoms with Crippen molar-refractivity contribution in [2.24, 2.45) is 17.8 Å². The molecule has 0 radical (unpaired) electrons. The van der Waals surface area contributed by atoms with Gasteiger partial charge < -0.3 is 33.8 Å². The molecule has 0 rings (SSSR count). The van der Waals surface area contributed by atoms with Gasteiger partial charge in [-0.3, -0.25) is 37.3 Å². The molecule has 0 amide bonds. The molecule has 4 unspecified atom stereocenters. The van der Waals surface area contributed by atoms with Gasteiger partial charge in [-0.1, -0.05) is 260 Å². The third-order valence-electron chi connectivity index (χ3n) is 15.4. The summed E-state index contributed by atoms with van der Waals surface area (Å²) in [5.74, 6) is 0.121. The highest BCUT2D eigenvalue weighted by molar-refractivity contribution is 7.47. The summed E-state index contributed by atoms with van der Waals surface area (Å²) in [6, 6.07) is 0. The van der Waals surface area contributed by atoms with Crippen molar-refractivity contribution in [3.8, 4) is 0 Å². The molecule has 0 saturated carbocycles. The van der Waals surface area contributed by atoms with Gasteiger partial charge in [0, 0.05) is 25.7 Å². The van der Waals surface area contributed by atoms with Gasteiger partial charge in [0.2, 0.25) is 0 Å². The van der Waals surface area contributed by atoms with Gasteiger partial charge in [-0.05, 0) is 43.4 Å². The minimum Gasteiger partial charge on any atom is -0.462 e. The van der Waals surface area contributed by atoms with Crippen LogP contribution in [0.2, 0.25) is 0 Å². The van der Waals surface area contributed by atoms with Gasteiger partial charge in [0.15, 0.2) is 12.2 Å². The predicted octanol–water partition coefficient (Wildman–Crippen LogP) is 17.5. The number of rotatable bonds is 62. The number of phosphoric ester groups is 2. The van der Waals surface area contributed by atoms with Crippen LogP contribution < -0.4 is 0 Å². The quantitative estimate of drug-likeness (QED) is 0.0222. The van der Waals surface area contributed by atoms with Crippen LogP contribution in [0, 0.1) is 17.8 Å². The molecule has 0 aromatic carbocycles. The van der Waals surface area contributed by atoms with Crippen molar-refractivity contribution >= 4 is 39.5 Å². The zero-order valence-electron chi connectivity index (χ0n) is 53.6. The number of unbranched alkanes of at least 4 members (excludes halogenated alkanes) is 28. The van der Waals surface area contributed by atoms with Crippen LogP contribution in [-0.4, -0.2) is 96.7 Å². The number of carbonyl (C=O) groups excluding carboxylic acids is 4. The second-order valence-electron chi connectivity index (χ2n) is 24.1. The molecule has 0 aliphatic heterocycles. The summed E-state index contributed by atoms with van der Waals surface area (Å²) in [7, 11) is -9.89. The Balaban J connectivity index is 5.24. The normalized spacial score (nSPS) is 15.0. The Bertz CT molecular complexity index is 1650. The van der Waals surface area contributed by atoms with Crippen LogP contribution in [-0.2, 0) is 65.4 Å². The molecule has 0 bridgehead atoms. The van der Waals surface area contributed by atoms with Crippen LogP contribution >= 0.6 is 15.6 Å². The van der Waals surface area contributed by atoms with Crippen molar-refractivity contribution in [2.75, 3.05) is 39.6 Å². The largest absolute Gasteiger partial charge is 0.472 e. The van der Waals surface area contributed by atoms with Gasteiger partial charge in [-0.2, -0.15) is 0 Å². The van der Waals surface area contributed by atoms with Gasteiger partial charge in [0.05, 0.1) is 26.4 Å². The van der Waals surface area contributed by atoms with Crippen LogP contribution in [0.25, 0.3) is 0 Å². The number of ether oxygens (including phenoxy) is 4. The van der Waals surface area contributed by atoms with Crippen LogP contribution in [0.1, 0.15) is 312 Å². The summed E-state index contributed by atoms with van der Waals surface area (Å²) < 4.78 is 67.9. The number of phosphoric acid groups is 2. The fourth-order valence-electron chi connectivity index (χ4n) is 9.42. The first kappa shape index (κ1) is 81.1. The molecular formula is C64H124O17P2. The molecule has 0 aliphatic rings. The number of aliphatic hydroxyl groups is 1. The Hall–Kier alpha value is -1.94. The summed E-state index contributed by atoms with van der Waals surface area (Å²) in [5.41, 5.74) is 0. The van der Waals surface area contributed by atoms with E-state index >= 15 is 0 Å². The highest BCUT2D eigenvalue weighted by atomic mass is 31.2. The van der Waals surface area contributed by atoms with E-state index in [2.05, 4.69) is 48.5 Å². The van der Waals surface area contributed by atoms with Gasteiger partial charge >= 0.3 is 39.5 Å². The molecule has 0 aliphatic carbocycles. The van der Waals surface area contributed by atoms with E-state index in [-0.39, 0.29) is 25.7 Å². The average molecular weight is 1230 g/mol. The Morgan fingerprint density at radius 3 is 0.916 bits per heavy atom. The first-order valence-corrected chi connectivity index (χ1v) is 36.4. The van der Waals surface area contributed by atoms with E-state index in [1.165, 1.54) is 109 Å². The molecule has 83 heavy (non-hydrogen) atoms. The summed E-state index contributed by atoms with van der Waals surface area (Å²) >= 11 is 0. The van der Waals surface area contributed by atoms with E-state index in [0.717, 1.165) is 120 Å². The Kier molecular flexibility index (Phi) is 54.1. The summed E-state index contributed by atoms with van der Waals surface area (Å²) in [6.45, 7) is 11.7. The van der Waals surface area contributed by atoms with Gasteiger partial charge in [0.1, 0.15) is 19.3 Å². The molecule has 0 aromatic rings. The maximum atomic E-state index is 13.0. The maximum Gasteiger partial charge on any atom is 0.472 e. The number of hydrogen-bond acceptors (Lipinski definition) is 15. The standard InChI is InChI=1S/C64H124O17P2/c1-8-11-12-13-21-31-38-45-61(66)74-51-60(81-64(69)48-41-34-27-26-30-37-44-57(7)10-3)54-79-83(72,73)77-50-58(65)49-76-82(70,71)78-53-59(52-75-62(67)46-39-32-24-20-19-23-29-36-43-56(6)9-2)80-63(68)47-40-33-25-18-16-14-15-17-22-28-35-42-55(4)5/h55-60,65H,8-54H2,1-7H3,(H,70,71)(H,72,73)/t56?,57?,58-,59-,60-/m1/s1. The lowest BCUT2D eigenvalue weighted by atomic mass is 9.99. The highest BCUT2D eigenvalue weighted by Gasteiger charge is 2.30. The van der Waals surface area contributed by atoms with Crippen LogP contribution in [0.4, 0.5) is 0 Å². The maximum absolute atomic E-state index is 13.0. The van der Waals surface area contributed by atoms with Gasteiger partial charge in [-0.25, -0.2) is 9.13 Å². The fraction of sp³-hybridized carbons (Fsp3) is 0.938. The SMILES string of the molecule is CCCCCCCCCC(=O)OC[C@H](COP(=O)(O)OC[C@H](O)COP(=O)(O)OC[C@@H](COC(=O)CCCCCCCCCCC(C)CC)OC(=O)CCCCCCCCCCCCCC(C)C)OC(=O)CCCCCCCCC(C)CC. The molecular weight excluding hydrogens is 1100 g/mol. The predicted molar refractivity (Wildman–Crippen MR) is 331 cm³/mol. The molecule has 492 valence electrons. The third kappa shape index (κ3) is 56.3. The Morgan fingerprint density at radius 2 is 0.614 bits per heavy atom. The number of carbonyl (C=O) groups is 4. The fourth-order valence-corrected chi connectivity index (χ4v) is 11.0. The van der Waals surface area contributed by atoms with Gasteiger partial charge in [0.25, 0.3) is 0 Å². The molecule has 0 spiro atoms. The zero-order chi connectivity index (χ0) is 61.7. The molecule has 0 saturated heterocycles. The van der Waals surface area contributed by atoms with Crippen molar-refractivity contribution < 1.29 is 80.2 Å². The lowest BCUT2D eigenvalue weighted by molar-refractivity contribution is -0.161. The van der Waals surface area contributed by atoms with Gasteiger partial charge in [-0.15, -0.1) is 0 Å². The summed E-state index contributed by atoms with van der Waals surface area (Å²) in [6.07, 6.45) is 36.3. The monoisotopic (exact) mass is 1230 g/mol. The van der Waals surface area contributed by atoms with Crippen molar-refractivity contribution in [1.82, 2.24) is 0 Å². The first-order chi connectivity index (χ1) is 39.8. The van der Waals surface area contributed by atoms with Crippen molar-refractivity contribution in [3.63, 3.8) is 0 Å². The van der Waals surface area contributed by atoms with Crippen LogP contribution in [0.5, 0.6) is 0 Å².